The first-order valence-electron chi connectivity index (χ1n) is 4.81. The summed E-state index contributed by atoms with van der Waals surface area (Å²) in [5.41, 5.74) is 0. The molecular formula is C8H17NO3S. The minimum absolute atomic E-state index is 0.139. The van der Waals surface area contributed by atoms with Crippen molar-refractivity contribution < 1.29 is 12.7 Å². The van der Waals surface area contributed by atoms with Gasteiger partial charge in [0.25, 0.3) is 10.1 Å². The molecule has 0 aromatic heterocycles. The normalized spacial score (nSPS) is 19.5. The fourth-order valence-electron chi connectivity index (χ4n) is 1.28. The largest absolute Gasteiger partial charge is 0.283 e. The molecule has 0 spiro atoms. The zero-order chi connectivity index (χ0) is 9.73. The quantitative estimate of drug-likeness (QED) is 0.678. The summed E-state index contributed by atoms with van der Waals surface area (Å²) in [4.78, 5) is 0. The molecule has 1 rings (SSSR count). The molecule has 0 aromatic rings. The highest BCUT2D eigenvalue weighted by atomic mass is 32.2. The van der Waals surface area contributed by atoms with Crippen LogP contribution >= 0.6 is 0 Å². The van der Waals surface area contributed by atoms with Crippen LogP contribution < -0.4 is 0 Å². The molecule has 0 N–H and O–H groups in total. The number of unbranched alkanes of at least 4 members (excludes halogenated alkanes) is 1. The topological polar surface area (TPSA) is 46.6 Å². The third-order valence-electron chi connectivity index (χ3n) is 2.03. The van der Waals surface area contributed by atoms with Crippen molar-refractivity contribution in [3.63, 3.8) is 0 Å². The maximum absolute atomic E-state index is 11.3. The van der Waals surface area contributed by atoms with Gasteiger partial charge in [-0.15, -0.1) is 0 Å². The molecule has 1 heterocycles. The van der Waals surface area contributed by atoms with Crippen LogP contribution in [-0.2, 0) is 14.4 Å². The molecule has 0 saturated carbocycles. The van der Waals surface area contributed by atoms with Gasteiger partial charge in [-0.05, 0) is 19.3 Å². The molecule has 78 valence electrons. The maximum Gasteiger partial charge on any atom is 0.283 e. The first-order valence-corrected chi connectivity index (χ1v) is 6.39. The van der Waals surface area contributed by atoms with E-state index in [1.807, 2.05) is 6.92 Å². The van der Waals surface area contributed by atoms with Crippen LogP contribution in [0.4, 0.5) is 0 Å². The second kappa shape index (κ2) is 4.93. The van der Waals surface area contributed by atoms with Crippen molar-refractivity contribution in [2.75, 3.05) is 18.8 Å². The van der Waals surface area contributed by atoms with Gasteiger partial charge in [0.1, 0.15) is 0 Å². The van der Waals surface area contributed by atoms with Crippen LogP contribution in [0, 0.1) is 0 Å². The smallest absolute Gasteiger partial charge is 0.198 e. The third kappa shape index (κ3) is 4.06. The van der Waals surface area contributed by atoms with Crippen molar-refractivity contribution >= 4 is 10.1 Å². The Morgan fingerprint density at radius 1 is 1.31 bits per heavy atom. The molecule has 0 bridgehead atoms. The lowest BCUT2D eigenvalue weighted by atomic mass is 10.4. The van der Waals surface area contributed by atoms with Gasteiger partial charge in [0.05, 0.1) is 5.75 Å². The van der Waals surface area contributed by atoms with Crippen LogP contribution in [0.25, 0.3) is 0 Å². The molecule has 0 amide bonds. The number of nitrogens with zero attached hydrogens (tertiary/aromatic N) is 1. The molecule has 0 unspecified atom stereocenters. The van der Waals surface area contributed by atoms with E-state index in [9.17, 15) is 8.42 Å². The minimum Gasteiger partial charge on any atom is -0.198 e. The van der Waals surface area contributed by atoms with Gasteiger partial charge in [-0.2, -0.15) is 17.8 Å². The van der Waals surface area contributed by atoms with Crippen molar-refractivity contribution in [1.29, 1.82) is 0 Å². The van der Waals surface area contributed by atoms with E-state index in [0.717, 1.165) is 32.4 Å². The van der Waals surface area contributed by atoms with Crippen LogP contribution in [0.2, 0.25) is 0 Å². The second-order valence-corrected chi connectivity index (χ2v) is 5.00. The Balaban J connectivity index is 2.32. The lowest BCUT2D eigenvalue weighted by Crippen LogP contribution is -2.25. The molecule has 5 heteroatoms. The molecule has 1 aliphatic rings. The standard InChI is InChI=1S/C8H17NO3S/c1-2-3-8-13(10,11)12-9-6-4-5-7-9/h2-8H2,1H3. The van der Waals surface area contributed by atoms with Crippen LogP contribution in [-0.4, -0.2) is 32.3 Å². The molecule has 0 atom stereocenters. The van der Waals surface area contributed by atoms with Gasteiger partial charge in [-0.25, -0.2) is 0 Å². The maximum atomic E-state index is 11.3. The first kappa shape index (κ1) is 10.9. The third-order valence-corrected chi connectivity index (χ3v) is 3.26. The Kier molecular flexibility index (Phi) is 4.15. The van der Waals surface area contributed by atoms with Crippen LogP contribution in [0.3, 0.4) is 0 Å². The summed E-state index contributed by atoms with van der Waals surface area (Å²) in [6.07, 6.45) is 3.62. The average molecular weight is 207 g/mol. The van der Waals surface area contributed by atoms with Crippen LogP contribution in [0.15, 0.2) is 0 Å². The van der Waals surface area contributed by atoms with E-state index in [1.54, 1.807) is 5.06 Å². The highest BCUT2D eigenvalue weighted by Gasteiger charge is 2.19. The van der Waals surface area contributed by atoms with E-state index in [2.05, 4.69) is 0 Å². The average Bonchev–Trinajstić information content (AvgIpc) is 2.52. The fraction of sp³-hybridized carbons (Fsp3) is 1.00. The van der Waals surface area contributed by atoms with Gasteiger partial charge in [0.2, 0.25) is 0 Å². The zero-order valence-corrected chi connectivity index (χ0v) is 8.85. The molecular weight excluding hydrogens is 190 g/mol. The van der Waals surface area contributed by atoms with Gasteiger partial charge in [0.15, 0.2) is 0 Å². The van der Waals surface area contributed by atoms with Crippen molar-refractivity contribution in [2.45, 2.75) is 32.6 Å². The fourth-order valence-corrected chi connectivity index (χ4v) is 2.47. The molecule has 0 aliphatic carbocycles. The Bertz CT molecular complexity index is 232. The van der Waals surface area contributed by atoms with E-state index < -0.39 is 10.1 Å². The van der Waals surface area contributed by atoms with Crippen LogP contribution in [0.5, 0.6) is 0 Å². The molecule has 4 nitrogen and oxygen atoms in total. The number of hydrogen-bond acceptors (Lipinski definition) is 4. The van der Waals surface area contributed by atoms with Gasteiger partial charge in [-0.3, -0.25) is 0 Å². The van der Waals surface area contributed by atoms with E-state index in [-0.39, 0.29) is 5.75 Å². The molecule has 1 fully saturated rings. The summed E-state index contributed by atoms with van der Waals surface area (Å²) in [6.45, 7) is 3.45. The second-order valence-electron chi connectivity index (χ2n) is 3.33. The van der Waals surface area contributed by atoms with E-state index in [1.165, 1.54) is 0 Å². The SMILES string of the molecule is CCCCS(=O)(=O)ON1CCCC1. The van der Waals surface area contributed by atoms with Gasteiger partial charge in [0, 0.05) is 13.1 Å². The molecule has 0 aromatic carbocycles. The molecule has 13 heavy (non-hydrogen) atoms. The highest BCUT2D eigenvalue weighted by Crippen LogP contribution is 2.11. The predicted octanol–water partition coefficient (Wildman–Crippen LogP) is 1.14. The lowest BCUT2D eigenvalue weighted by molar-refractivity contribution is -0.0269. The summed E-state index contributed by atoms with van der Waals surface area (Å²) in [7, 11) is -3.30. The molecule has 1 aliphatic heterocycles. The van der Waals surface area contributed by atoms with Crippen molar-refractivity contribution in [1.82, 2.24) is 5.06 Å². The van der Waals surface area contributed by atoms with Gasteiger partial charge >= 0.3 is 0 Å². The van der Waals surface area contributed by atoms with E-state index in [0.29, 0.717) is 6.42 Å². The van der Waals surface area contributed by atoms with E-state index in [4.69, 9.17) is 4.28 Å². The molecule has 0 radical (unpaired) electrons. The first-order chi connectivity index (χ1) is 6.14. The Morgan fingerprint density at radius 3 is 2.46 bits per heavy atom. The number of hydroxylamine groups is 2. The Morgan fingerprint density at radius 2 is 1.92 bits per heavy atom. The summed E-state index contributed by atoms with van der Waals surface area (Å²) in [6, 6.07) is 0. The Labute approximate surface area is 79.9 Å². The van der Waals surface area contributed by atoms with Crippen LogP contribution in [0.1, 0.15) is 32.6 Å². The van der Waals surface area contributed by atoms with Crippen molar-refractivity contribution in [2.24, 2.45) is 0 Å². The predicted molar refractivity (Wildman–Crippen MR) is 50.6 cm³/mol. The minimum atomic E-state index is -3.30. The zero-order valence-electron chi connectivity index (χ0n) is 8.03. The Hall–Kier alpha value is -0.130. The molecule has 1 saturated heterocycles. The summed E-state index contributed by atoms with van der Waals surface area (Å²) in [5.74, 6) is 0.139. The summed E-state index contributed by atoms with van der Waals surface area (Å²) < 4.78 is 27.5. The highest BCUT2D eigenvalue weighted by molar-refractivity contribution is 7.86. The summed E-state index contributed by atoms with van der Waals surface area (Å²) >= 11 is 0. The number of hydrogen-bond donors (Lipinski definition) is 0. The van der Waals surface area contributed by atoms with Crippen molar-refractivity contribution in [3.05, 3.63) is 0 Å². The van der Waals surface area contributed by atoms with E-state index >= 15 is 0 Å². The lowest BCUT2D eigenvalue weighted by Gasteiger charge is -2.13. The number of rotatable bonds is 5. The summed E-state index contributed by atoms with van der Waals surface area (Å²) in [5, 5.41) is 1.55. The monoisotopic (exact) mass is 207 g/mol. The van der Waals surface area contributed by atoms with Gasteiger partial charge < -0.3 is 0 Å². The van der Waals surface area contributed by atoms with Gasteiger partial charge in [-0.1, -0.05) is 13.3 Å². The van der Waals surface area contributed by atoms with Crippen molar-refractivity contribution in [3.8, 4) is 0 Å².